The van der Waals surface area contributed by atoms with E-state index in [2.05, 4.69) is 5.32 Å². The average molecular weight is 245 g/mol. The molecule has 0 amide bonds. The molecule has 2 aromatic rings. The fraction of sp³-hybridized carbons (Fsp3) is 0.200. The van der Waals surface area contributed by atoms with Gasteiger partial charge in [0, 0.05) is 6.54 Å². The molecule has 1 N–H and O–H groups in total. The van der Waals surface area contributed by atoms with E-state index in [1.54, 1.807) is 19.2 Å². The topological polar surface area (TPSA) is 21.3 Å². The zero-order chi connectivity index (χ0) is 13.0. The quantitative estimate of drug-likeness (QED) is 0.885. The number of aryl methyl sites for hydroxylation is 1. The van der Waals surface area contributed by atoms with E-state index in [1.807, 2.05) is 31.2 Å². The third-order valence-corrected chi connectivity index (χ3v) is 2.82. The van der Waals surface area contributed by atoms with Crippen LogP contribution in [0.2, 0.25) is 0 Å². The summed E-state index contributed by atoms with van der Waals surface area (Å²) in [6.45, 7) is 2.58. The summed E-state index contributed by atoms with van der Waals surface area (Å²) in [7, 11) is 1.65. The van der Waals surface area contributed by atoms with E-state index in [4.69, 9.17) is 4.74 Å². The maximum Gasteiger partial charge on any atom is 0.146 e. The van der Waals surface area contributed by atoms with Gasteiger partial charge in [-0.05, 0) is 36.2 Å². The van der Waals surface area contributed by atoms with Gasteiger partial charge >= 0.3 is 0 Å². The van der Waals surface area contributed by atoms with Crippen molar-refractivity contribution in [2.45, 2.75) is 13.5 Å². The highest BCUT2D eigenvalue weighted by Crippen LogP contribution is 2.20. The van der Waals surface area contributed by atoms with E-state index in [9.17, 15) is 4.39 Å². The van der Waals surface area contributed by atoms with Gasteiger partial charge < -0.3 is 10.1 Å². The molecule has 0 spiro atoms. The summed E-state index contributed by atoms with van der Waals surface area (Å²) >= 11 is 0. The van der Waals surface area contributed by atoms with Gasteiger partial charge in [0.2, 0.25) is 0 Å². The lowest BCUT2D eigenvalue weighted by atomic mass is 10.1. The second-order valence-corrected chi connectivity index (χ2v) is 4.14. The number of para-hydroxylation sites is 1. The van der Waals surface area contributed by atoms with Crippen molar-refractivity contribution < 1.29 is 9.13 Å². The Labute approximate surface area is 106 Å². The Morgan fingerprint density at radius 2 is 1.94 bits per heavy atom. The van der Waals surface area contributed by atoms with Crippen LogP contribution in [-0.4, -0.2) is 7.11 Å². The molecule has 0 fully saturated rings. The second-order valence-electron chi connectivity index (χ2n) is 4.14. The van der Waals surface area contributed by atoms with Crippen molar-refractivity contribution >= 4 is 5.69 Å². The largest absolute Gasteiger partial charge is 0.496 e. The van der Waals surface area contributed by atoms with E-state index >= 15 is 0 Å². The lowest BCUT2D eigenvalue weighted by Crippen LogP contribution is -2.01. The van der Waals surface area contributed by atoms with Gasteiger partial charge in [-0.25, -0.2) is 4.39 Å². The SMILES string of the molecule is COc1ccc(CNc2ccccc2F)cc1C. The molecule has 2 nitrogen and oxygen atoms in total. The number of methoxy groups -OCH3 is 1. The molecule has 94 valence electrons. The summed E-state index contributed by atoms with van der Waals surface area (Å²) in [4.78, 5) is 0. The molecule has 0 heterocycles. The first-order valence-corrected chi connectivity index (χ1v) is 5.82. The maximum atomic E-state index is 13.4. The molecule has 0 unspecified atom stereocenters. The Kier molecular flexibility index (Phi) is 3.82. The summed E-state index contributed by atoms with van der Waals surface area (Å²) < 4.78 is 18.6. The number of hydrogen-bond acceptors (Lipinski definition) is 2. The van der Waals surface area contributed by atoms with Crippen molar-refractivity contribution in [3.63, 3.8) is 0 Å². The third kappa shape index (κ3) is 2.80. The van der Waals surface area contributed by atoms with Gasteiger partial charge in [0.1, 0.15) is 11.6 Å². The van der Waals surface area contributed by atoms with Crippen LogP contribution in [0.3, 0.4) is 0 Å². The van der Waals surface area contributed by atoms with Crippen LogP contribution in [-0.2, 0) is 6.54 Å². The number of nitrogens with one attached hydrogen (secondary N) is 1. The predicted molar refractivity (Wildman–Crippen MR) is 71.5 cm³/mol. The highest BCUT2D eigenvalue weighted by Gasteiger charge is 2.02. The summed E-state index contributed by atoms with van der Waals surface area (Å²) in [6.07, 6.45) is 0. The van der Waals surface area contributed by atoms with Crippen molar-refractivity contribution in [1.82, 2.24) is 0 Å². The van der Waals surface area contributed by atoms with Crippen LogP contribution in [0.15, 0.2) is 42.5 Å². The molecule has 2 rings (SSSR count). The minimum Gasteiger partial charge on any atom is -0.496 e. The molecule has 0 aliphatic rings. The molecular weight excluding hydrogens is 229 g/mol. The Morgan fingerprint density at radius 3 is 2.61 bits per heavy atom. The van der Waals surface area contributed by atoms with Crippen molar-refractivity contribution in [1.29, 1.82) is 0 Å². The molecule has 0 radical (unpaired) electrons. The first-order chi connectivity index (χ1) is 8.70. The molecule has 0 aliphatic carbocycles. The van der Waals surface area contributed by atoms with E-state index in [-0.39, 0.29) is 5.82 Å². The van der Waals surface area contributed by atoms with Gasteiger partial charge in [-0.2, -0.15) is 0 Å². The first-order valence-electron chi connectivity index (χ1n) is 5.82. The van der Waals surface area contributed by atoms with Crippen LogP contribution >= 0.6 is 0 Å². The molecular formula is C15H16FNO. The van der Waals surface area contributed by atoms with E-state index in [1.165, 1.54) is 6.07 Å². The Bertz CT molecular complexity index is 540. The highest BCUT2D eigenvalue weighted by atomic mass is 19.1. The molecule has 0 aliphatic heterocycles. The molecule has 0 saturated heterocycles. The lowest BCUT2D eigenvalue weighted by Gasteiger charge is -2.10. The van der Waals surface area contributed by atoms with Gasteiger partial charge in [0.05, 0.1) is 12.8 Å². The lowest BCUT2D eigenvalue weighted by molar-refractivity contribution is 0.411. The van der Waals surface area contributed by atoms with Crippen molar-refractivity contribution in [2.75, 3.05) is 12.4 Å². The maximum absolute atomic E-state index is 13.4. The van der Waals surface area contributed by atoms with Crippen LogP contribution < -0.4 is 10.1 Å². The molecule has 0 atom stereocenters. The van der Waals surface area contributed by atoms with Gasteiger partial charge in [0.15, 0.2) is 0 Å². The number of ether oxygens (including phenoxy) is 1. The van der Waals surface area contributed by atoms with E-state index in [0.29, 0.717) is 12.2 Å². The fourth-order valence-electron chi connectivity index (χ4n) is 1.85. The highest BCUT2D eigenvalue weighted by molar-refractivity contribution is 5.45. The van der Waals surface area contributed by atoms with Gasteiger partial charge in [0.25, 0.3) is 0 Å². The first kappa shape index (κ1) is 12.4. The third-order valence-electron chi connectivity index (χ3n) is 2.82. The van der Waals surface area contributed by atoms with Crippen molar-refractivity contribution in [2.24, 2.45) is 0 Å². The standard InChI is InChI=1S/C15H16FNO/c1-11-9-12(7-8-15(11)18-2)10-17-14-6-4-3-5-13(14)16/h3-9,17H,10H2,1-2H3. The Hall–Kier alpha value is -2.03. The zero-order valence-electron chi connectivity index (χ0n) is 10.5. The van der Waals surface area contributed by atoms with Crippen molar-refractivity contribution in [3.8, 4) is 5.75 Å². The Balaban J connectivity index is 2.07. The number of rotatable bonds is 4. The normalized spacial score (nSPS) is 10.2. The monoisotopic (exact) mass is 245 g/mol. The minimum atomic E-state index is -0.234. The number of halogens is 1. The summed E-state index contributed by atoms with van der Waals surface area (Å²) in [5, 5.41) is 3.08. The smallest absolute Gasteiger partial charge is 0.146 e. The van der Waals surface area contributed by atoms with E-state index in [0.717, 1.165) is 16.9 Å². The van der Waals surface area contributed by atoms with Crippen LogP contribution in [0, 0.1) is 12.7 Å². The summed E-state index contributed by atoms with van der Waals surface area (Å²) in [5.74, 6) is 0.632. The average Bonchev–Trinajstić information content (AvgIpc) is 2.38. The van der Waals surface area contributed by atoms with Crippen LogP contribution in [0.25, 0.3) is 0 Å². The van der Waals surface area contributed by atoms with Crippen LogP contribution in [0.1, 0.15) is 11.1 Å². The van der Waals surface area contributed by atoms with E-state index < -0.39 is 0 Å². The molecule has 18 heavy (non-hydrogen) atoms. The Morgan fingerprint density at radius 1 is 1.17 bits per heavy atom. The second kappa shape index (κ2) is 5.54. The summed E-state index contributed by atoms with van der Waals surface area (Å²) in [6, 6.07) is 12.6. The summed E-state index contributed by atoms with van der Waals surface area (Å²) in [5.41, 5.74) is 2.69. The fourth-order valence-corrected chi connectivity index (χ4v) is 1.85. The van der Waals surface area contributed by atoms with Gasteiger partial charge in [-0.1, -0.05) is 24.3 Å². The zero-order valence-corrected chi connectivity index (χ0v) is 10.5. The predicted octanol–water partition coefficient (Wildman–Crippen LogP) is 3.75. The molecule has 0 saturated carbocycles. The van der Waals surface area contributed by atoms with Crippen LogP contribution in [0.4, 0.5) is 10.1 Å². The molecule has 0 bridgehead atoms. The van der Waals surface area contributed by atoms with Crippen molar-refractivity contribution in [3.05, 3.63) is 59.4 Å². The number of anilines is 1. The molecule has 2 aromatic carbocycles. The number of benzene rings is 2. The minimum absolute atomic E-state index is 0.234. The number of hydrogen-bond donors (Lipinski definition) is 1. The molecule has 0 aromatic heterocycles. The molecule has 3 heteroatoms. The van der Waals surface area contributed by atoms with Gasteiger partial charge in [-0.15, -0.1) is 0 Å². The van der Waals surface area contributed by atoms with Crippen LogP contribution in [0.5, 0.6) is 5.75 Å². The van der Waals surface area contributed by atoms with Gasteiger partial charge in [-0.3, -0.25) is 0 Å².